The van der Waals surface area contributed by atoms with E-state index in [-0.39, 0.29) is 30.4 Å². The third kappa shape index (κ3) is 7.90. The number of carboxylic acid groups (broad SMARTS) is 1. The van der Waals surface area contributed by atoms with Crippen molar-refractivity contribution in [2.45, 2.75) is 46.1 Å². The van der Waals surface area contributed by atoms with Crippen molar-refractivity contribution < 1.29 is 24.3 Å². The van der Waals surface area contributed by atoms with Gasteiger partial charge in [0.1, 0.15) is 11.8 Å². The van der Waals surface area contributed by atoms with Crippen molar-refractivity contribution in [1.29, 1.82) is 0 Å². The van der Waals surface area contributed by atoms with Gasteiger partial charge < -0.3 is 15.3 Å². The molecule has 154 valence electrons. The number of amides is 2. The lowest BCUT2D eigenvalue weighted by Crippen LogP contribution is -2.46. The third-order valence-electron chi connectivity index (χ3n) is 4.65. The quantitative estimate of drug-likeness (QED) is 0.601. The average molecular weight is 390 g/mol. The van der Waals surface area contributed by atoms with Crippen LogP contribution in [0.15, 0.2) is 30.3 Å². The zero-order valence-corrected chi connectivity index (χ0v) is 17.0. The predicted molar refractivity (Wildman–Crippen MR) is 106 cm³/mol. The van der Waals surface area contributed by atoms with Crippen LogP contribution in [0.1, 0.15) is 39.2 Å². The SMILES string of the molecule is CC(=O)CC(NC(=O)C(CC(=O)N(C)CCc1ccccc1)C(C)C)C(=O)O. The summed E-state index contributed by atoms with van der Waals surface area (Å²) in [7, 11) is 1.69. The lowest BCUT2D eigenvalue weighted by Gasteiger charge is -2.25. The standard InChI is InChI=1S/C21H30N2O5/c1-14(2)17(20(26)22-18(21(27)28)12-15(3)24)13-19(25)23(4)11-10-16-8-6-5-7-9-16/h5-9,14,17-18H,10-13H2,1-4H3,(H,22,26)(H,27,28). The molecule has 28 heavy (non-hydrogen) atoms. The molecule has 0 aliphatic heterocycles. The zero-order valence-electron chi connectivity index (χ0n) is 17.0. The molecule has 7 heteroatoms. The fraction of sp³-hybridized carbons (Fsp3) is 0.524. The second-order valence-electron chi connectivity index (χ2n) is 7.41. The first-order chi connectivity index (χ1) is 13.1. The van der Waals surface area contributed by atoms with Gasteiger partial charge in [-0.3, -0.25) is 14.4 Å². The molecule has 0 saturated carbocycles. The Morgan fingerprint density at radius 2 is 1.68 bits per heavy atom. The average Bonchev–Trinajstić information content (AvgIpc) is 2.63. The normalized spacial score (nSPS) is 12.9. The van der Waals surface area contributed by atoms with Crippen LogP contribution in [0.5, 0.6) is 0 Å². The summed E-state index contributed by atoms with van der Waals surface area (Å²) >= 11 is 0. The van der Waals surface area contributed by atoms with Crippen molar-refractivity contribution in [2.75, 3.05) is 13.6 Å². The largest absolute Gasteiger partial charge is 0.480 e. The molecule has 1 aromatic rings. The fourth-order valence-corrected chi connectivity index (χ4v) is 2.81. The molecule has 0 fully saturated rings. The van der Waals surface area contributed by atoms with Gasteiger partial charge >= 0.3 is 5.97 Å². The Hall–Kier alpha value is -2.70. The molecular weight excluding hydrogens is 360 g/mol. The summed E-state index contributed by atoms with van der Waals surface area (Å²) in [6.07, 6.45) is 0.416. The van der Waals surface area contributed by atoms with Crippen molar-refractivity contribution in [3.63, 3.8) is 0 Å². The summed E-state index contributed by atoms with van der Waals surface area (Å²) in [4.78, 5) is 49.2. The summed E-state index contributed by atoms with van der Waals surface area (Å²) in [5, 5.41) is 11.6. The summed E-state index contributed by atoms with van der Waals surface area (Å²) in [6, 6.07) is 8.51. The predicted octanol–water partition coefficient (Wildman–Crippen LogP) is 1.90. The molecule has 0 heterocycles. The first-order valence-electron chi connectivity index (χ1n) is 9.42. The third-order valence-corrected chi connectivity index (χ3v) is 4.65. The molecule has 7 nitrogen and oxygen atoms in total. The number of carboxylic acids is 1. The molecule has 2 atom stereocenters. The Bertz CT molecular complexity index is 687. The maximum absolute atomic E-state index is 12.6. The highest BCUT2D eigenvalue weighted by Gasteiger charge is 2.30. The van der Waals surface area contributed by atoms with Gasteiger partial charge in [0.05, 0.1) is 0 Å². The maximum atomic E-state index is 12.6. The van der Waals surface area contributed by atoms with Crippen molar-refractivity contribution >= 4 is 23.6 Å². The molecule has 0 aromatic heterocycles. The van der Waals surface area contributed by atoms with E-state index in [2.05, 4.69) is 5.32 Å². The minimum Gasteiger partial charge on any atom is -0.480 e. The van der Waals surface area contributed by atoms with Crippen LogP contribution in [0, 0.1) is 11.8 Å². The molecule has 2 unspecified atom stereocenters. The molecule has 0 saturated heterocycles. The van der Waals surface area contributed by atoms with Crippen LogP contribution in [0.4, 0.5) is 0 Å². The number of hydrogen-bond donors (Lipinski definition) is 2. The molecule has 2 N–H and O–H groups in total. The zero-order chi connectivity index (χ0) is 21.3. The van der Waals surface area contributed by atoms with Gasteiger partial charge in [-0.05, 0) is 24.8 Å². The highest BCUT2D eigenvalue weighted by atomic mass is 16.4. The van der Waals surface area contributed by atoms with Crippen LogP contribution >= 0.6 is 0 Å². The number of aliphatic carboxylic acids is 1. The van der Waals surface area contributed by atoms with Crippen LogP contribution in [-0.4, -0.2) is 53.2 Å². The van der Waals surface area contributed by atoms with Crippen molar-refractivity contribution in [3.8, 4) is 0 Å². The molecule has 0 aliphatic carbocycles. The van der Waals surface area contributed by atoms with Gasteiger partial charge in [-0.1, -0.05) is 44.2 Å². The summed E-state index contributed by atoms with van der Waals surface area (Å²) < 4.78 is 0. The van der Waals surface area contributed by atoms with Gasteiger partial charge in [0.2, 0.25) is 11.8 Å². The number of carbonyl (C=O) groups excluding carboxylic acids is 3. The Balaban J connectivity index is 2.68. The van der Waals surface area contributed by atoms with Gasteiger partial charge in [0, 0.05) is 32.4 Å². The summed E-state index contributed by atoms with van der Waals surface area (Å²) in [5.41, 5.74) is 1.12. The topological polar surface area (TPSA) is 104 Å². The van der Waals surface area contributed by atoms with Gasteiger partial charge in [-0.2, -0.15) is 0 Å². The lowest BCUT2D eigenvalue weighted by atomic mass is 9.90. The number of hydrogen-bond acceptors (Lipinski definition) is 4. The highest BCUT2D eigenvalue weighted by Crippen LogP contribution is 2.18. The Labute approximate surface area is 166 Å². The Kier molecular flexibility index (Phi) is 9.35. The molecule has 0 bridgehead atoms. The monoisotopic (exact) mass is 390 g/mol. The summed E-state index contributed by atoms with van der Waals surface area (Å²) in [6.45, 7) is 5.41. The molecular formula is C21H30N2O5. The molecule has 1 rings (SSSR count). The number of benzene rings is 1. The number of rotatable bonds is 11. The number of carbonyl (C=O) groups is 4. The van der Waals surface area contributed by atoms with E-state index < -0.39 is 23.8 Å². The lowest BCUT2D eigenvalue weighted by molar-refractivity contribution is -0.144. The van der Waals surface area contributed by atoms with Crippen molar-refractivity contribution in [1.82, 2.24) is 10.2 Å². The molecule has 2 amide bonds. The minimum absolute atomic E-state index is 0.0127. The highest BCUT2D eigenvalue weighted by molar-refractivity contribution is 5.91. The van der Waals surface area contributed by atoms with Gasteiger partial charge in [0.25, 0.3) is 0 Å². The van der Waals surface area contributed by atoms with Crippen LogP contribution in [0.3, 0.4) is 0 Å². The molecule has 0 spiro atoms. The number of likely N-dealkylation sites (N-methyl/N-ethyl adjacent to an activating group) is 1. The molecule has 1 aromatic carbocycles. The maximum Gasteiger partial charge on any atom is 0.326 e. The van der Waals surface area contributed by atoms with E-state index in [0.717, 1.165) is 5.56 Å². The first kappa shape index (κ1) is 23.3. The fourth-order valence-electron chi connectivity index (χ4n) is 2.81. The Morgan fingerprint density at radius 1 is 1.07 bits per heavy atom. The van der Waals surface area contributed by atoms with E-state index in [9.17, 15) is 24.3 Å². The second kappa shape index (κ2) is 11.2. The number of Topliss-reactive ketones (excluding diaryl/α,β-unsaturated/α-hetero) is 1. The van der Waals surface area contributed by atoms with E-state index in [1.807, 2.05) is 44.2 Å². The Morgan fingerprint density at radius 3 is 2.18 bits per heavy atom. The smallest absolute Gasteiger partial charge is 0.326 e. The van der Waals surface area contributed by atoms with E-state index in [1.54, 1.807) is 11.9 Å². The minimum atomic E-state index is -1.28. The molecule has 0 radical (unpaired) electrons. The first-order valence-corrected chi connectivity index (χ1v) is 9.42. The van der Waals surface area contributed by atoms with Crippen LogP contribution in [0.2, 0.25) is 0 Å². The van der Waals surface area contributed by atoms with Crippen LogP contribution < -0.4 is 5.32 Å². The number of ketones is 1. The number of nitrogens with one attached hydrogen (secondary N) is 1. The van der Waals surface area contributed by atoms with Gasteiger partial charge in [-0.15, -0.1) is 0 Å². The van der Waals surface area contributed by atoms with Gasteiger partial charge in [0.15, 0.2) is 0 Å². The number of nitrogens with zero attached hydrogens (tertiary/aromatic N) is 1. The van der Waals surface area contributed by atoms with E-state index >= 15 is 0 Å². The second-order valence-corrected chi connectivity index (χ2v) is 7.41. The van der Waals surface area contributed by atoms with E-state index in [1.165, 1.54) is 6.92 Å². The molecule has 0 aliphatic rings. The summed E-state index contributed by atoms with van der Waals surface area (Å²) in [5.74, 6) is -3.11. The van der Waals surface area contributed by atoms with Crippen LogP contribution in [0.25, 0.3) is 0 Å². The van der Waals surface area contributed by atoms with E-state index in [4.69, 9.17) is 0 Å². The van der Waals surface area contributed by atoms with Crippen molar-refractivity contribution in [2.24, 2.45) is 11.8 Å². The van der Waals surface area contributed by atoms with Crippen LogP contribution in [-0.2, 0) is 25.6 Å². The van der Waals surface area contributed by atoms with E-state index in [0.29, 0.717) is 13.0 Å². The van der Waals surface area contributed by atoms with Crippen molar-refractivity contribution in [3.05, 3.63) is 35.9 Å². The van der Waals surface area contributed by atoms with Gasteiger partial charge in [-0.25, -0.2) is 4.79 Å².